The Hall–Kier alpha value is -1.04. The van der Waals surface area contributed by atoms with Crippen LogP contribution in [0.2, 0.25) is 5.02 Å². The number of nitrogens with one attached hydrogen (secondary N) is 1. The molecule has 1 atom stereocenters. The van der Waals surface area contributed by atoms with Crippen LogP contribution in [-0.4, -0.2) is 16.1 Å². The highest BCUT2D eigenvalue weighted by atomic mass is 35.5. The van der Waals surface area contributed by atoms with Crippen LogP contribution in [0.25, 0.3) is 0 Å². The number of halogens is 2. The van der Waals surface area contributed by atoms with E-state index in [0.717, 1.165) is 18.7 Å². The zero-order chi connectivity index (χ0) is 13.7. The van der Waals surface area contributed by atoms with E-state index in [0.29, 0.717) is 17.0 Å². The van der Waals surface area contributed by atoms with Crippen molar-refractivity contribution in [2.24, 2.45) is 0 Å². The first-order valence-electron chi connectivity index (χ1n) is 6.15. The minimum absolute atomic E-state index is 0.0191. The largest absolute Gasteiger partial charge is 0.308 e. The van der Waals surface area contributed by atoms with Crippen molar-refractivity contribution in [3.05, 3.63) is 45.7 Å². The lowest BCUT2D eigenvalue weighted by Gasteiger charge is -2.16. The van der Waals surface area contributed by atoms with E-state index in [1.807, 2.05) is 5.38 Å². The third kappa shape index (κ3) is 3.96. The molecule has 1 unspecified atom stereocenters. The van der Waals surface area contributed by atoms with Gasteiger partial charge in [-0.25, -0.2) is 4.39 Å². The number of nitrogens with zero attached hydrogens (tertiary/aromatic N) is 2. The summed E-state index contributed by atoms with van der Waals surface area (Å²) in [5.74, 6) is -0.279. The van der Waals surface area contributed by atoms with Crippen LogP contribution in [0.15, 0.2) is 23.6 Å². The van der Waals surface area contributed by atoms with Gasteiger partial charge in [0.05, 0.1) is 11.7 Å². The van der Waals surface area contributed by atoms with E-state index in [2.05, 4.69) is 21.8 Å². The monoisotopic (exact) mass is 299 g/mol. The smallest absolute Gasteiger partial charge is 0.127 e. The number of hydrogen-bond acceptors (Lipinski definition) is 4. The molecule has 0 aliphatic rings. The van der Waals surface area contributed by atoms with Gasteiger partial charge in [0.25, 0.3) is 0 Å². The summed E-state index contributed by atoms with van der Waals surface area (Å²) in [6.45, 7) is 2.95. The van der Waals surface area contributed by atoms with Crippen LogP contribution >= 0.6 is 23.1 Å². The molecule has 19 heavy (non-hydrogen) atoms. The molecule has 0 bridgehead atoms. The maximum absolute atomic E-state index is 13.8. The second kappa shape index (κ2) is 6.93. The van der Waals surface area contributed by atoms with E-state index in [9.17, 15) is 4.39 Å². The predicted octanol–water partition coefficient (Wildman–Crippen LogP) is 3.61. The maximum atomic E-state index is 13.8. The molecule has 0 saturated carbocycles. The molecule has 0 saturated heterocycles. The second-order valence-corrected chi connectivity index (χ2v) is 5.32. The van der Waals surface area contributed by atoms with E-state index in [1.54, 1.807) is 12.1 Å². The van der Waals surface area contributed by atoms with Gasteiger partial charge in [-0.15, -0.1) is 5.10 Å². The fourth-order valence-corrected chi connectivity index (χ4v) is 2.50. The van der Waals surface area contributed by atoms with Crippen molar-refractivity contribution in [3.8, 4) is 0 Å². The summed E-state index contributed by atoms with van der Waals surface area (Å²) >= 11 is 7.06. The first-order valence-corrected chi connectivity index (χ1v) is 7.36. The van der Waals surface area contributed by atoms with Crippen LogP contribution in [0, 0.1) is 5.82 Å². The van der Waals surface area contributed by atoms with Crippen molar-refractivity contribution in [1.82, 2.24) is 14.9 Å². The van der Waals surface area contributed by atoms with E-state index in [-0.39, 0.29) is 11.9 Å². The summed E-state index contributed by atoms with van der Waals surface area (Å²) in [6.07, 6.45) is 1.55. The van der Waals surface area contributed by atoms with Crippen molar-refractivity contribution in [2.45, 2.75) is 25.8 Å². The molecule has 6 heteroatoms. The number of rotatable bonds is 6. The van der Waals surface area contributed by atoms with Gasteiger partial charge in [-0.05, 0) is 48.6 Å². The molecule has 0 radical (unpaired) electrons. The van der Waals surface area contributed by atoms with Crippen LogP contribution < -0.4 is 5.32 Å². The molecule has 0 amide bonds. The van der Waals surface area contributed by atoms with E-state index >= 15 is 0 Å². The molecule has 102 valence electrons. The molecule has 2 rings (SSSR count). The quantitative estimate of drug-likeness (QED) is 0.885. The fourth-order valence-electron chi connectivity index (χ4n) is 1.83. The number of hydrogen-bond donors (Lipinski definition) is 1. The summed E-state index contributed by atoms with van der Waals surface area (Å²) < 4.78 is 17.7. The predicted molar refractivity (Wildman–Crippen MR) is 76.1 cm³/mol. The van der Waals surface area contributed by atoms with E-state index in [1.165, 1.54) is 17.6 Å². The Balaban J connectivity index is 2.15. The molecule has 1 N–H and O–H groups in total. The number of benzene rings is 1. The topological polar surface area (TPSA) is 37.8 Å². The van der Waals surface area contributed by atoms with Gasteiger partial charge in [0.15, 0.2) is 0 Å². The maximum Gasteiger partial charge on any atom is 0.127 e. The number of aromatic nitrogens is 2. The van der Waals surface area contributed by atoms with Crippen LogP contribution in [0.4, 0.5) is 4.39 Å². The standard InChI is InChI=1S/C13H15ClFN3S/c1-2-5-16-12(13-8-19-18-17-13)6-9-3-4-10(14)7-11(9)15/h3-4,7-8,12,16H,2,5-6H2,1H3. The van der Waals surface area contributed by atoms with Crippen molar-refractivity contribution < 1.29 is 4.39 Å². The van der Waals surface area contributed by atoms with E-state index < -0.39 is 0 Å². The molecule has 3 nitrogen and oxygen atoms in total. The van der Waals surface area contributed by atoms with Gasteiger partial charge < -0.3 is 5.32 Å². The lowest BCUT2D eigenvalue weighted by Crippen LogP contribution is -2.24. The van der Waals surface area contributed by atoms with Crippen molar-refractivity contribution in [1.29, 1.82) is 0 Å². The Morgan fingerprint density at radius 3 is 2.95 bits per heavy atom. The van der Waals surface area contributed by atoms with Gasteiger partial charge >= 0.3 is 0 Å². The summed E-state index contributed by atoms with van der Waals surface area (Å²) in [7, 11) is 0. The molecule has 0 aliphatic carbocycles. The van der Waals surface area contributed by atoms with Crippen LogP contribution in [0.1, 0.15) is 30.6 Å². The molecular weight excluding hydrogens is 285 g/mol. The fraction of sp³-hybridized carbons (Fsp3) is 0.385. The van der Waals surface area contributed by atoms with Crippen molar-refractivity contribution in [3.63, 3.8) is 0 Å². The lowest BCUT2D eigenvalue weighted by molar-refractivity contribution is 0.502. The molecule has 0 aliphatic heterocycles. The van der Waals surface area contributed by atoms with Gasteiger partial charge in [0, 0.05) is 10.4 Å². The minimum atomic E-state index is -0.279. The van der Waals surface area contributed by atoms with Crippen LogP contribution in [-0.2, 0) is 6.42 Å². The van der Waals surface area contributed by atoms with E-state index in [4.69, 9.17) is 11.6 Å². The summed E-state index contributed by atoms with van der Waals surface area (Å²) in [5, 5.41) is 9.74. The zero-order valence-corrected chi connectivity index (χ0v) is 12.1. The molecule has 0 spiro atoms. The molecule has 0 fully saturated rings. The Bertz CT molecular complexity index is 519. The highest BCUT2D eigenvalue weighted by molar-refractivity contribution is 7.03. The SMILES string of the molecule is CCCNC(Cc1ccc(Cl)cc1F)c1csnn1. The average Bonchev–Trinajstić information content (AvgIpc) is 2.90. The minimum Gasteiger partial charge on any atom is -0.308 e. The Kier molecular flexibility index (Phi) is 5.24. The first-order chi connectivity index (χ1) is 9.20. The Morgan fingerprint density at radius 1 is 1.47 bits per heavy atom. The molecule has 1 aromatic heterocycles. The van der Waals surface area contributed by atoms with Crippen LogP contribution in [0.3, 0.4) is 0 Å². The highest BCUT2D eigenvalue weighted by Gasteiger charge is 2.16. The van der Waals surface area contributed by atoms with Crippen molar-refractivity contribution >= 4 is 23.1 Å². The van der Waals surface area contributed by atoms with Gasteiger partial charge in [-0.3, -0.25) is 0 Å². The third-order valence-electron chi connectivity index (χ3n) is 2.81. The normalized spacial score (nSPS) is 12.6. The Labute approximate surface area is 121 Å². The summed E-state index contributed by atoms with van der Waals surface area (Å²) in [6, 6.07) is 4.75. The second-order valence-electron chi connectivity index (χ2n) is 4.28. The van der Waals surface area contributed by atoms with Gasteiger partial charge in [-0.1, -0.05) is 29.1 Å². The van der Waals surface area contributed by atoms with Gasteiger partial charge in [0.2, 0.25) is 0 Å². The molecule has 2 aromatic rings. The molecule has 1 aromatic carbocycles. The summed E-state index contributed by atoms with van der Waals surface area (Å²) in [5.41, 5.74) is 1.49. The summed E-state index contributed by atoms with van der Waals surface area (Å²) in [4.78, 5) is 0. The first kappa shape index (κ1) is 14.4. The lowest BCUT2D eigenvalue weighted by atomic mass is 10.0. The molecular formula is C13H15ClFN3S. The zero-order valence-electron chi connectivity index (χ0n) is 10.6. The third-order valence-corrected chi connectivity index (χ3v) is 3.57. The van der Waals surface area contributed by atoms with Gasteiger partial charge in [-0.2, -0.15) is 0 Å². The van der Waals surface area contributed by atoms with Crippen LogP contribution in [0.5, 0.6) is 0 Å². The van der Waals surface area contributed by atoms with Gasteiger partial charge in [0.1, 0.15) is 5.82 Å². The average molecular weight is 300 g/mol. The Morgan fingerprint density at radius 2 is 2.32 bits per heavy atom. The molecule has 1 heterocycles. The van der Waals surface area contributed by atoms with Crippen molar-refractivity contribution in [2.75, 3.05) is 6.54 Å². The highest BCUT2D eigenvalue weighted by Crippen LogP contribution is 2.21.